The highest BCUT2D eigenvalue weighted by Crippen LogP contribution is 2.48. The van der Waals surface area contributed by atoms with Crippen molar-refractivity contribution in [2.24, 2.45) is 5.92 Å². The van der Waals surface area contributed by atoms with Crippen molar-refractivity contribution in [2.45, 2.75) is 51.9 Å². The fraction of sp³-hybridized carbons (Fsp3) is 0.385. The summed E-state index contributed by atoms with van der Waals surface area (Å²) in [6, 6.07) is 7.93. The molecule has 0 radical (unpaired) electrons. The Balaban J connectivity index is 1.40. The number of pyridine rings is 1. The van der Waals surface area contributed by atoms with Crippen molar-refractivity contribution in [1.29, 1.82) is 0 Å². The zero-order chi connectivity index (χ0) is 23.4. The molecule has 2 aliphatic heterocycles. The van der Waals surface area contributed by atoms with Gasteiger partial charge in [0.05, 0.1) is 22.0 Å². The summed E-state index contributed by atoms with van der Waals surface area (Å²) in [6.45, 7) is 5.90. The molecule has 0 saturated carbocycles. The van der Waals surface area contributed by atoms with E-state index < -0.39 is 6.10 Å². The van der Waals surface area contributed by atoms with Crippen molar-refractivity contribution >= 4 is 33.2 Å². The summed E-state index contributed by atoms with van der Waals surface area (Å²) in [6.07, 6.45) is 3.35. The lowest BCUT2D eigenvalue weighted by Gasteiger charge is -2.15. The summed E-state index contributed by atoms with van der Waals surface area (Å²) in [5.74, 6) is 2.04. The first kappa shape index (κ1) is 22.0. The van der Waals surface area contributed by atoms with E-state index in [1.54, 1.807) is 17.5 Å². The molecule has 0 fully saturated rings. The summed E-state index contributed by atoms with van der Waals surface area (Å²) in [5, 5.41) is 19.1. The Hall–Kier alpha value is -2.45. The number of aliphatic hydroxyl groups excluding tert-OH is 1. The second kappa shape index (κ2) is 8.64. The van der Waals surface area contributed by atoms with Gasteiger partial charge in [-0.05, 0) is 36.6 Å². The molecule has 8 heteroatoms. The van der Waals surface area contributed by atoms with Crippen LogP contribution >= 0.6 is 22.9 Å². The van der Waals surface area contributed by atoms with Crippen LogP contribution in [0.4, 0.5) is 0 Å². The summed E-state index contributed by atoms with van der Waals surface area (Å²) in [7, 11) is 0. The van der Waals surface area contributed by atoms with Crippen LogP contribution in [0.5, 0.6) is 5.75 Å². The van der Waals surface area contributed by atoms with Gasteiger partial charge >= 0.3 is 0 Å². The van der Waals surface area contributed by atoms with E-state index in [-0.39, 0.29) is 6.10 Å². The number of rotatable bonds is 5. The Bertz CT molecular complexity index is 1380. The van der Waals surface area contributed by atoms with Crippen LogP contribution in [-0.4, -0.2) is 21.8 Å². The number of nitrogens with zero attached hydrogens (tertiary/aromatic N) is 2. The second-order valence-corrected chi connectivity index (χ2v) is 11.0. The first-order valence-corrected chi connectivity index (χ1v) is 12.9. The lowest BCUT2D eigenvalue weighted by molar-refractivity contribution is 0.154. The van der Waals surface area contributed by atoms with Gasteiger partial charge in [0.2, 0.25) is 0 Å². The Kier molecular flexibility index (Phi) is 5.60. The SMILES string of the molecule is CC(C)CC(O)c1cc2nccc(-c3cc(Cl)cc4c3O[C@@H](c3onc5c3CNCC5)C4)c2s1. The van der Waals surface area contributed by atoms with Crippen LogP contribution in [-0.2, 0) is 19.4 Å². The number of hydrogen-bond donors (Lipinski definition) is 2. The number of aromatic nitrogens is 2. The molecule has 0 aliphatic carbocycles. The minimum absolute atomic E-state index is 0.229. The lowest BCUT2D eigenvalue weighted by Crippen LogP contribution is -2.24. The van der Waals surface area contributed by atoms with Crippen molar-refractivity contribution < 1.29 is 14.4 Å². The molecule has 4 aromatic rings. The number of nitrogens with one attached hydrogen (secondary N) is 1. The third-order valence-corrected chi connectivity index (χ3v) is 8.05. The number of halogens is 1. The maximum atomic E-state index is 10.7. The quantitative estimate of drug-likeness (QED) is 0.353. The van der Waals surface area contributed by atoms with Gasteiger partial charge in [-0.2, -0.15) is 0 Å². The van der Waals surface area contributed by atoms with E-state index in [9.17, 15) is 5.11 Å². The van der Waals surface area contributed by atoms with Gasteiger partial charge in [-0.25, -0.2) is 0 Å². The number of ether oxygens (including phenoxy) is 1. The van der Waals surface area contributed by atoms with Crippen molar-refractivity contribution in [1.82, 2.24) is 15.5 Å². The monoisotopic (exact) mass is 495 g/mol. The predicted molar refractivity (Wildman–Crippen MR) is 133 cm³/mol. The first-order valence-electron chi connectivity index (χ1n) is 11.7. The molecule has 1 unspecified atom stereocenters. The van der Waals surface area contributed by atoms with E-state index >= 15 is 0 Å². The topological polar surface area (TPSA) is 80.4 Å². The molecule has 5 heterocycles. The molecular weight excluding hydrogens is 470 g/mol. The molecule has 0 spiro atoms. The molecule has 3 aromatic heterocycles. The van der Waals surface area contributed by atoms with Crippen LogP contribution in [0.3, 0.4) is 0 Å². The molecule has 6 rings (SSSR count). The molecule has 2 atom stereocenters. The minimum atomic E-state index is -0.496. The summed E-state index contributed by atoms with van der Waals surface area (Å²) < 4.78 is 13.3. The fourth-order valence-corrected chi connectivity index (χ4v) is 6.37. The third-order valence-electron chi connectivity index (χ3n) is 6.57. The molecule has 34 heavy (non-hydrogen) atoms. The Morgan fingerprint density at radius 2 is 2.15 bits per heavy atom. The number of fused-ring (bicyclic) bond motifs is 3. The van der Waals surface area contributed by atoms with Crippen LogP contribution in [0, 0.1) is 5.92 Å². The summed E-state index contributed by atoms with van der Waals surface area (Å²) in [5.41, 5.74) is 6.02. The van der Waals surface area contributed by atoms with Gasteiger partial charge in [0.15, 0.2) is 11.9 Å². The number of benzene rings is 1. The highest BCUT2D eigenvalue weighted by Gasteiger charge is 2.34. The number of hydrogen-bond acceptors (Lipinski definition) is 7. The molecule has 0 saturated heterocycles. The van der Waals surface area contributed by atoms with E-state index in [1.807, 2.05) is 24.3 Å². The number of thiophene rings is 1. The molecular formula is C26H26ClN3O3S. The standard InChI is InChI=1S/C26H26ClN3O3S/c1-13(2)7-21(31)23-11-20-26(34-23)16(3-6-29-20)17-10-15(27)8-14-9-22(32-24(14)17)25-18-12-28-5-4-19(18)30-33-25/h3,6,8,10-11,13,21-22,28,31H,4-5,7,9,12H2,1-2H3/t21?,22-/m1/s1. The summed E-state index contributed by atoms with van der Waals surface area (Å²) in [4.78, 5) is 5.50. The average Bonchev–Trinajstić information content (AvgIpc) is 3.53. The van der Waals surface area contributed by atoms with Crippen LogP contribution < -0.4 is 10.1 Å². The zero-order valence-corrected chi connectivity index (χ0v) is 20.7. The Labute approximate surface area is 206 Å². The van der Waals surface area contributed by atoms with Crippen molar-refractivity contribution in [3.05, 3.63) is 62.9 Å². The first-order chi connectivity index (χ1) is 16.5. The van der Waals surface area contributed by atoms with Crippen LogP contribution in [0.2, 0.25) is 5.02 Å². The molecule has 2 N–H and O–H groups in total. The second-order valence-electron chi connectivity index (χ2n) is 9.52. The summed E-state index contributed by atoms with van der Waals surface area (Å²) >= 11 is 8.17. The van der Waals surface area contributed by atoms with Crippen molar-refractivity contribution in [2.75, 3.05) is 6.54 Å². The fourth-order valence-electron chi connectivity index (χ4n) is 4.98. The maximum Gasteiger partial charge on any atom is 0.182 e. The van der Waals surface area contributed by atoms with Gasteiger partial charge in [0, 0.05) is 64.3 Å². The van der Waals surface area contributed by atoms with E-state index in [0.29, 0.717) is 17.4 Å². The number of aliphatic hydroxyl groups is 1. The van der Waals surface area contributed by atoms with Crippen molar-refractivity contribution in [3.63, 3.8) is 0 Å². The van der Waals surface area contributed by atoms with Crippen LogP contribution in [0.15, 0.2) is 35.0 Å². The van der Waals surface area contributed by atoms with Gasteiger partial charge in [-0.15, -0.1) is 11.3 Å². The van der Waals surface area contributed by atoms with Gasteiger partial charge in [-0.1, -0.05) is 30.6 Å². The van der Waals surface area contributed by atoms with Gasteiger partial charge in [0.25, 0.3) is 0 Å². The molecule has 0 amide bonds. The normalized spacial score (nSPS) is 18.2. The Morgan fingerprint density at radius 3 is 3.00 bits per heavy atom. The van der Waals surface area contributed by atoms with E-state index in [0.717, 1.165) is 80.5 Å². The van der Waals surface area contributed by atoms with Gasteiger partial charge < -0.3 is 19.7 Å². The molecule has 0 bridgehead atoms. The maximum absolute atomic E-state index is 10.7. The van der Waals surface area contributed by atoms with Gasteiger partial charge in [-0.3, -0.25) is 4.98 Å². The van der Waals surface area contributed by atoms with E-state index in [1.165, 1.54) is 0 Å². The van der Waals surface area contributed by atoms with Crippen LogP contribution in [0.25, 0.3) is 21.3 Å². The van der Waals surface area contributed by atoms with Gasteiger partial charge in [0.1, 0.15) is 5.75 Å². The highest BCUT2D eigenvalue weighted by atomic mass is 35.5. The molecule has 176 valence electrons. The largest absolute Gasteiger partial charge is 0.481 e. The average molecular weight is 496 g/mol. The molecule has 1 aromatic carbocycles. The van der Waals surface area contributed by atoms with Crippen LogP contribution in [0.1, 0.15) is 59.9 Å². The third kappa shape index (κ3) is 3.81. The van der Waals surface area contributed by atoms with Crippen molar-refractivity contribution in [3.8, 4) is 16.9 Å². The Morgan fingerprint density at radius 1 is 1.26 bits per heavy atom. The van der Waals surface area contributed by atoms with E-state index in [2.05, 4.69) is 29.3 Å². The smallest absolute Gasteiger partial charge is 0.182 e. The highest BCUT2D eigenvalue weighted by molar-refractivity contribution is 7.19. The molecule has 6 nitrogen and oxygen atoms in total. The predicted octanol–water partition coefficient (Wildman–Crippen LogP) is 6.01. The zero-order valence-electron chi connectivity index (χ0n) is 19.1. The van der Waals surface area contributed by atoms with E-state index in [4.69, 9.17) is 20.9 Å². The lowest BCUT2D eigenvalue weighted by atomic mass is 9.99. The minimum Gasteiger partial charge on any atom is -0.481 e. The molecule has 2 aliphatic rings.